The number of aromatic nitrogens is 4. The summed E-state index contributed by atoms with van der Waals surface area (Å²) >= 11 is 0. The maximum atomic E-state index is 12.5. The third-order valence-corrected chi connectivity index (χ3v) is 5.15. The van der Waals surface area contributed by atoms with E-state index < -0.39 is 23.7 Å². The van der Waals surface area contributed by atoms with Crippen molar-refractivity contribution in [3.63, 3.8) is 0 Å². The van der Waals surface area contributed by atoms with Gasteiger partial charge in [0.1, 0.15) is 23.5 Å². The molecule has 10 heteroatoms. The minimum atomic E-state index is -1.00. The van der Waals surface area contributed by atoms with E-state index in [0.29, 0.717) is 11.2 Å². The quantitative estimate of drug-likeness (QED) is 0.432. The highest BCUT2D eigenvalue weighted by Gasteiger charge is 2.27. The average molecular weight is 463 g/mol. The van der Waals surface area contributed by atoms with E-state index in [-0.39, 0.29) is 12.2 Å². The molecule has 10 nitrogen and oxygen atoms in total. The molecule has 34 heavy (non-hydrogen) atoms. The molecule has 3 aromatic heterocycles. The molecule has 176 valence electrons. The molecule has 0 aliphatic rings. The van der Waals surface area contributed by atoms with Gasteiger partial charge in [-0.05, 0) is 39.0 Å². The molecule has 4 aromatic rings. The lowest BCUT2D eigenvalue weighted by Gasteiger charge is -2.22. The van der Waals surface area contributed by atoms with E-state index in [0.717, 1.165) is 22.0 Å². The number of methoxy groups -OCH3 is 1. The van der Waals surface area contributed by atoms with Gasteiger partial charge in [-0.2, -0.15) is 5.10 Å². The number of nitrogens with one attached hydrogen (secondary N) is 1. The van der Waals surface area contributed by atoms with Crippen LogP contribution in [-0.2, 0) is 20.7 Å². The summed E-state index contributed by atoms with van der Waals surface area (Å²) in [5.74, 6) is -0.337. The lowest BCUT2D eigenvalue weighted by Crippen LogP contribution is -2.45. The van der Waals surface area contributed by atoms with Crippen LogP contribution in [0.3, 0.4) is 0 Å². The fraction of sp³-hybridized carbons (Fsp3) is 0.292. The van der Waals surface area contributed by atoms with Crippen molar-refractivity contribution >= 4 is 34.3 Å². The van der Waals surface area contributed by atoms with Gasteiger partial charge in [0, 0.05) is 34.8 Å². The Morgan fingerprint density at radius 3 is 2.68 bits per heavy atom. The minimum Gasteiger partial charge on any atom is -0.467 e. The molecule has 0 aliphatic carbocycles. The smallest absolute Gasteiger partial charge is 0.408 e. The summed E-state index contributed by atoms with van der Waals surface area (Å²) < 4.78 is 11.8. The SMILES string of the molecule is COC(=O)C(Cc1cc(-c2cnc3ccccc3c2)c2c(N)ncnn12)NC(=O)OC(C)(C)C. The number of fused-ring (bicyclic) bond motifs is 2. The number of esters is 1. The van der Waals surface area contributed by atoms with Crippen LogP contribution in [0.25, 0.3) is 27.5 Å². The number of carbonyl (C=O) groups excluding carboxylic acids is 2. The number of hydrogen-bond donors (Lipinski definition) is 2. The number of rotatable bonds is 5. The maximum Gasteiger partial charge on any atom is 0.408 e. The Labute approximate surface area is 196 Å². The van der Waals surface area contributed by atoms with Crippen molar-refractivity contribution in [2.75, 3.05) is 12.8 Å². The number of carbonyl (C=O) groups is 2. The zero-order chi connectivity index (χ0) is 24.5. The van der Waals surface area contributed by atoms with E-state index in [2.05, 4.69) is 20.4 Å². The first-order valence-corrected chi connectivity index (χ1v) is 10.7. The lowest BCUT2D eigenvalue weighted by molar-refractivity contribution is -0.143. The number of amides is 1. The summed E-state index contributed by atoms with van der Waals surface area (Å²) in [6.45, 7) is 5.22. The topological polar surface area (TPSA) is 134 Å². The van der Waals surface area contributed by atoms with E-state index in [4.69, 9.17) is 15.2 Å². The zero-order valence-electron chi connectivity index (χ0n) is 19.4. The van der Waals surface area contributed by atoms with Crippen molar-refractivity contribution in [1.82, 2.24) is 24.9 Å². The number of nitrogens with two attached hydrogens (primary N) is 1. The van der Waals surface area contributed by atoms with Crippen LogP contribution in [-0.4, -0.2) is 50.4 Å². The van der Waals surface area contributed by atoms with Crippen LogP contribution in [0.4, 0.5) is 10.6 Å². The number of benzene rings is 1. The van der Waals surface area contributed by atoms with Crippen molar-refractivity contribution in [2.24, 2.45) is 0 Å². The molecule has 1 unspecified atom stereocenters. The molecule has 1 amide bonds. The second-order valence-corrected chi connectivity index (χ2v) is 8.80. The van der Waals surface area contributed by atoms with Crippen molar-refractivity contribution in [2.45, 2.75) is 38.8 Å². The maximum absolute atomic E-state index is 12.5. The van der Waals surface area contributed by atoms with Gasteiger partial charge in [-0.1, -0.05) is 18.2 Å². The first kappa shape index (κ1) is 23.0. The van der Waals surface area contributed by atoms with Gasteiger partial charge in [0.05, 0.1) is 12.6 Å². The Bertz CT molecular complexity index is 1380. The fourth-order valence-corrected chi connectivity index (χ4v) is 3.71. The number of para-hydroxylation sites is 1. The molecule has 4 rings (SSSR count). The summed E-state index contributed by atoms with van der Waals surface area (Å²) in [7, 11) is 1.26. The van der Waals surface area contributed by atoms with Crippen LogP contribution in [0.15, 0.2) is 48.9 Å². The molecule has 0 fully saturated rings. The van der Waals surface area contributed by atoms with Gasteiger partial charge < -0.3 is 20.5 Å². The van der Waals surface area contributed by atoms with E-state index >= 15 is 0 Å². The standard InChI is InChI=1S/C24H26N6O4/c1-24(2,3)34-23(32)29-19(22(31)33-4)11-16-10-17(20-21(25)27-13-28-30(16)20)15-9-14-7-5-6-8-18(14)26-12-15/h5-10,12-13,19H,11H2,1-4H3,(H,29,32)(H2,25,27,28). The summed E-state index contributed by atoms with van der Waals surface area (Å²) in [6, 6.07) is 10.6. The summed E-state index contributed by atoms with van der Waals surface area (Å²) in [4.78, 5) is 33.5. The molecule has 0 spiro atoms. The van der Waals surface area contributed by atoms with Crippen LogP contribution >= 0.6 is 0 Å². The molecule has 3 heterocycles. The fourth-order valence-electron chi connectivity index (χ4n) is 3.71. The van der Waals surface area contributed by atoms with Gasteiger partial charge in [-0.15, -0.1) is 0 Å². The Morgan fingerprint density at radius 1 is 1.18 bits per heavy atom. The Morgan fingerprint density at radius 2 is 1.94 bits per heavy atom. The number of ether oxygens (including phenoxy) is 2. The summed E-state index contributed by atoms with van der Waals surface area (Å²) in [5.41, 5.74) is 9.14. The zero-order valence-corrected chi connectivity index (χ0v) is 19.4. The number of pyridine rings is 1. The summed E-state index contributed by atoms with van der Waals surface area (Å²) in [5, 5.41) is 7.89. The number of hydrogen-bond acceptors (Lipinski definition) is 8. The van der Waals surface area contributed by atoms with Crippen LogP contribution in [0.2, 0.25) is 0 Å². The predicted molar refractivity (Wildman–Crippen MR) is 127 cm³/mol. The van der Waals surface area contributed by atoms with Crippen molar-refractivity contribution < 1.29 is 19.1 Å². The second kappa shape index (κ2) is 8.97. The molecule has 3 N–H and O–H groups in total. The second-order valence-electron chi connectivity index (χ2n) is 8.80. The third-order valence-electron chi connectivity index (χ3n) is 5.15. The van der Waals surface area contributed by atoms with Crippen LogP contribution in [0, 0.1) is 0 Å². The van der Waals surface area contributed by atoms with E-state index in [1.807, 2.05) is 36.4 Å². The lowest BCUT2D eigenvalue weighted by atomic mass is 10.1. The summed E-state index contributed by atoms with van der Waals surface area (Å²) in [6.07, 6.45) is 2.45. The number of nitrogen functional groups attached to an aromatic ring is 1. The van der Waals surface area contributed by atoms with Gasteiger partial charge in [0.2, 0.25) is 0 Å². The average Bonchev–Trinajstić information content (AvgIpc) is 3.16. The molecule has 0 saturated heterocycles. The van der Waals surface area contributed by atoms with Gasteiger partial charge in [-0.25, -0.2) is 19.1 Å². The number of nitrogens with zero attached hydrogens (tertiary/aromatic N) is 4. The molecule has 0 bridgehead atoms. The molecule has 0 aliphatic heterocycles. The van der Waals surface area contributed by atoms with E-state index in [1.165, 1.54) is 13.4 Å². The predicted octanol–water partition coefficient (Wildman–Crippen LogP) is 3.14. The number of anilines is 1. The molecule has 0 saturated carbocycles. The highest BCUT2D eigenvalue weighted by Crippen LogP contribution is 2.32. The van der Waals surface area contributed by atoms with Crippen LogP contribution in [0.1, 0.15) is 26.5 Å². The van der Waals surface area contributed by atoms with Crippen molar-refractivity contribution in [3.05, 3.63) is 54.6 Å². The van der Waals surface area contributed by atoms with Gasteiger partial charge >= 0.3 is 12.1 Å². The monoisotopic (exact) mass is 462 g/mol. The Hall–Kier alpha value is -4.21. The molecule has 1 aromatic carbocycles. The minimum absolute atomic E-state index is 0.0878. The van der Waals surface area contributed by atoms with E-state index in [9.17, 15) is 9.59 Å². The Kier molecular flexibility index (Phi) is 6.06. The first-order valence-electron chi connectivity index (χ1n) is 10.7. The molecule has 1 atom stereocenters. The molecule has 0 radical (unpaired) electrons. The van der Waals surface area contributed by atoms with Gasteiger partial charge in [-0.3, -0.25) is 4.98 Å². The highest BCUT2D eigenvalue weighted by atomic mass is 16.6. The highest BCUT2D eigenvalue weighted by molar-refractivity contribution is 5.92. The largest absolute Gasteiger partial charge is 0.467 e. The van der Waals surface area contributed by atoms with Gasteiger partial charge in [0.25, 0.3) is 0 Å². The normalized spacial score (nSPS) is 12.5. The van der Waals surface area contributed by atoms with Crippen LogP contribution in [0.5, 0.6) is 0 Å². The molecular formula is C24H26N6O4. The van der Waals surface area contributed by atoms with Gasteiger partial charge in [0.15, 0.2) is 5.82 Å². The Balaban J connectivity index is 1.75. The van der Waals surface area contributed by atoms with E-state index in [1.54, 1.807) is 31.5 Å². The van der Waals surface area contributed by atoms with Crippen molar-refractivity contribution in [3.8, 4) is 11.1 Å². The molecular weight excluding hydrogens is 436 g/mol. The third kappa shape index (κ3) is 4.75. The van der Waals surface area contributed by atoms with Crippen LogP contribution < -0.4 is 11.1 Å². The van der Waals surface area contributed by atoms with Crippen molar-refractivity contribution in [1.29, 1.82) is 0 Å². The first-order chi connectivity index (χ1) is 16.2. The number of alkyl carbamates (subject to hydrolysis) is 1.